The number of nitrogens with zero attached hydrogens (tertiary/aromatic N) is 2. The number of anilines is 2. The Morgan fingerprint density at radius 1 is 1.15 bits per heavy atom. The van der Waals surface area contributed by atoms with Crippen molar-refractivity contribution in [2.45, 2.75) is 12.5 Å². The SMILES string of the molecule is CN(C)C(C(=O)Nc1ccc2c(c1)CCN2S(C)(=O)=O)c1ccccc1. The number of carbonyl (C=O) groups excluding carboxylic acids is 1. The number of hydrogen-bond donors (Lipinski definition) is 1. The molecular weight excluding hydrogens is 350 g/mol. The molecule has 1 heterocycles. The smallest absolute Gasteiger partial charge is 0.246 e. The van der Waals surface area contributed by atoms with Crippen LogP contribution in [0.15, 0.2) is 48.5 Å². The predicted octanol–water partition coefficient (Wildman–Crippen LogP) is 2.25. The number of sulfonamides is 1. The molecule has 1 aliphatic rings. The summed E-state index contributed by atoms with van der Waals surface area (Å²) in [5, 5.41) is 2.96. The number of rotatable bonds is 5. The molecular formula is C19H23N3O3S. The molecule has 0 bridgehead atoms. The van der Waals surface area contributed by atoms with Crippen LogP contribution in [0.5, 0.6) is 0 Å². The Balaban J connectivity index is 1.82. The minimum Gasteiger partial charge on any atom is -0.324 e. The summed E-state index contributed by atoms with van der Waals surface area (Å²) in [6, 6.07) is 14.6. The van der Waals surface area contributed by atoms with Crippen LogP contribution in [0.25, 0.3) is 0 Å². The lowest BCUT2D eigenvalue weighted by Gasteiger charge is -2.24. The van der Waals surface area contributed by atoms with Crippen molar-refractivity contribution in [2.24, 2.45) is 0 Å². The monoisotopic (exact) mass is 373 g/mol. The summed E-state index contributed by atoms with van der Waals surface area (Å²) < 4.78 is 25.1. The Bertz CT molecular complexity index is 911. The normalized spacial score (nSPS) is 15.0. The third kappa shape index (κ3) is 3.73. The zero-order chi connectivity index (χ0) is 18.9. The number of nitrogens with one attached hydrogen (secondary N) is 1. The maximum absolute atomic E-state index is 12.8. The summed E-state index contributed by atoms with van der Waals surface area (Å²) in [5.41, 5.74) is 3.21. The fraction of sp³-hybridized carbons (Fsp3) is 0.316. The Hall–Kier alpha value is -2.38. The van der Waals surface area contributed by atoms with E-state index in [1.807, 2.05) is 55.4 Å². The highest BCUT2D eigenvalue weighted by Crippen LogP contribution is 2.32. The summed E-state index contributed by atoms with van der Waals surface area (Å²) in [7, 11) is 0.457. The molecule has 0 saturated carbocycles. The van der Waals surface area contributed by atoms with Crippen molar-refractivity contribution >= 4 is 27.3 Å². The molecule has 6 nitrogen and oxygen atoms in total. The predicted molar refractivity (Wildman–Crippen MR) is 104 cm³/mol. The number of likely N-dealkylation sites (N-methyl/N-ethyl adjacent to an activating group) is 1. The molecule has 3 rings (SSSR count). The van der Waals surface area contributed by atoms with Gasteiger partial charge in [-0.05, 0) is 49.8 Å². The number of hydrogen-bond acceptors (Lipinski definition) is 4. The van der Waals surface area contributed by atoms with E-state index in [4.69, 9.17) is 0 Å². The van der Waals surface area contributed by atoms with Crippen molar-refractivity contribution in [3.63, 3.8) is 0 Å². The van der Waals surface area contributed by atoms with Crippen LogP contribution in [0.2, 0.25) is 0 Å². The van der Waals surface area contributed by atoms with Crippen LogP contribution in [-0.2, 0) is 21.2 Å². The van der Waals surface area contributed by atoms with Gasteiger partial charge in [0.2, 0.25) is 15.9 Å². The van der Waals surface area contributed by atoms with Gasteiger partial charge in [-0.3, -0.25) is 14.0 Å². The van der Waals surface area contributed by atoms with Gasteiger partial charge >= 0.3 is 0 Å². The van der Waals surface area contributed by atoms with E-state index >= 15 is 0 Å². The van der Waals surface area contributed by atoms with Crippen LogP contribution in [0.1, 0.15) is 17.2 Å². The first-order valence-corrected chi connectivity index (χ1v) is 10.2. The summed E-state index contributed by atoms with van der Waals surface area (Å²) in [6.07, 6.45) is 1.85. The molecule has 0 saturated heterocycles. The van der Waals surface area contributed by atoms with Gasteiger partial charge in [0.15, 0.2) is 0 Å². The molecule has 26 heavy (non-hydrogen) atoms. The molecule has 0 aromatic heterocycles. The molecule has 7 heteroatoms. The van der Waals surface area contributed by atoms with E-state index in [1.54, 1.807) is 12.1 Å². The highest BCUT2D eigenvalue weighted by atomic mass is 32.2. The van der Waals surface area contributed by atoms with Gasteiger partial charge in [0.05, 0.1) is 11.9 Å². The second-order valence-corrected chi connectivity index (χ2v) is 8.60. The van der Waals surface area contributed by atoms with E-state index in [0.717, 1.165) is 11.1 Å². The molecule has 138 valence electrons. The van der Waals surface area contributed by atoms with Crippen molar-refractivity contribution < 1.29 is 13.2 Å². The number of fused-ring (bicyclic) bond motifs is 1. The van der Waals surface area contributed by atoms with E-state index in [9.17, 15) is 13.2 Å². The molecule has 0 aliphatic carbocycles. The average Bonchev–Trinajstić information content (AvgIpc) is 2.99. The molecule has 0 radical (unpaired) electrons. The summed E-state index contributed by atoms with van der Waals surface area (Å²) in [6.45, 7) is 0.440. The molecule has 1 atom stereocenters. The summed E-state index contributed by atoms with van der Waals surface area (Å²) in [5.74, 6) is -0.126. The van der Waals surface area contributed by atoms with Crippen LogP contribution in [0.3, 0.4) is 0 Å². The van der Waals surface area contributed by atoms with Crippen molar-refractivity contribution in [2.75, 3.05) is 36.5 Å². The van der Waals surface area contributed by atoms with Gasteiger partial charge in [-0.1, -0.05) is 30.3 Å². The van der Waals surface area contributed by atoms with Gasteiger partial charge in [-0.15, -0.1) is 0 Å². The highest BCUT2D eigenvalue weighted by molar-refractivity contribution is 7.92. The molecule has 1 amide bonds. The fourth-order valence-electron chi connectivity index (χ4n) is 3.32. The lowest BCUT2D eigenvalue weighted by Crippen LogP contribution is -2.32. The van der Waals surface area contributed by atoms with Crippen molar-refractivity contribution in [3.05, 3.63) is 59.7 Å². The number of carbonyl (C=O) groups is 1. The second-order valence-electron chi connectivity index (χ2n) is 6.69. The van der Waals surface area contributed by atoms with Gasteiger partial charge in [-0.2, -0.15) is 0 Å². The molecule has 1 N–H and O–H groups in total. The Morgan fingerprint density at radius 2 is 1.85 bits per heavy atom. The minimum atomic E-state index is -3.27. The topological polar surface area (TPSA) is 69.7 Å². The zero-order valence-electron chi connectivity index (χ0n) is 15.1. The largest absolute Gasteiger partial charge is 0.324 e. The number of benzene rings is 2. The van der Waals surface area contributed by atoms with Gasteiger partial charge in [0.25, 0.3) is 0 Å². The van der Waals surface area contributed by atoms with Crippen molar-refractivity contribution in [1.29, 1.82) is 0 Å². The summed E-state index contributed by atoms with van der Waals surface area (Å²) in [4.78, 5) is 14.7. The third-order valence-corrected chi connectivity index (χ3v) is 5.66. The molecule has 1 unspecified atom stereocenters. The molecule has 2 aromatic carbocycles. The van der Waals surface area contributed by atoms with Gasteiger partial charge in [-0.25, -0.2) is 8.42 Å². The Kier molecular flexibility index (Phi) is 5.02. The van der Waals surface area contributed by atoms with Crippen molar-refractivity contribution in [1.82, 2.24) is 4.90 Å². The van der Waals surface area contributed by atoms with Crippen LogP contribution >= 0.6 is 0 Å². The van der Waals surface area contributed by atoms with Crippen LogP contribution in [0, 0.1) is 0 Å². The first-order chi connectivity index (χ1) is 12.3. The third-order valence-electron chi connectivity index (χ3n) is 4.48. The van der Waals surface area contributed by atoms with E-state index in [1.165, 1.54) is 10.6 Å². The quantitative estimate of drug-likeness (QED) is 0.873. The van der Waals surface area contributed by atoms with Gasteiger partial charge in [0, 0.05) is 12.2 Å². The van der Waals surface area contributed by atoms with E-state index in [0.29, 0.717) is 24.3 Å². The van der Waals surface area contributed by atoms with Gasteiger partial charge < -0.3 is 5.32 Å². The average molecular weight is 373 g/mol. The summed E-state index contributed by atoms with van der Waals surface area (Å²) >= 11 is 0. The van der Waals surface area contributed by atoms with Crippen LogP contribution in [0.4, 0.5) is 11.4 Å². The lowest BCUT2D eigenvalue weighted by atomic mass is 10.0. The van der Waals surface area contributed by atoms with Gasteiger partial charge in [0.1, 0.15) is 6.04 Å². The maximum Gasteiger partial charge on any atom is 0.246 e. The second kappa shape index (κ2) is 7.09. The van der Waals surface area contributed by atoms with E-state index in [-0.39, 0.29) is 5.91 Å². The number of amides is 1. The first kappa shape index (κ1) is 18.4. The van der Waals surface area contributed by atoms with Crippen LogP contribution in [-0.4, -0.2) is 46.1 Å². The minimum absolute atomic E-state index is 0.126. The molecule has 0 fully saturated rings. The fourth-order valence-corrected chi connectivity index (χ4v) is 4.28. The van der Waals surface area contributed by atoms with Crippen LogP contribution < -0.4 is 9.62 Å². The highest BCUT2D eigenvalue weighted by Gasteiger charge is 2.27. The molecule has 0 spiro atoms. The zero-order valence-corrected chi connectivity index (χ0v) is 16.0. The molecule has 1 aliphatic heterocycles. The lowest BCUT2D eigenvalue weighted by molar-refractivity contribution is -0.120. The standard InChI is InChI=1S/C19H23N3O3S/c1-21(2)18(14-7-5-4-6-8-14)19(23)20-16-9-10-17-15(13-16)11-12-22(17)26(3,24)25/h4-10,13,18H,11-12H2,1-3H3,(H,20,23). The maximum atomic E-state index is 12.8. The van der Waals surface area contributed by atoms with E-state index < -0.39 is 16.1 Å². The molecule has 2 aromatic rings. The Labute approximate surface area is 154 Å². The van der Waals surface area contributed by atoms with E-state index in [2.05, 4.69) is 5.32 Å². The first-order valence-electron chi connectivity index (χ1n) is 8.40. The Morgan fingerprint density at radius 3 is 2.46 bits per heavy atom. The van der Waals surface area contributed by atoms with Crippen molar-refractivity contribution in [3.8, 4) is 0 Å².